The van der Waals surface area contributed by atoms with Gasteiger partial charge in [-0.2, -0.15) is 0 Å². The van der Waals surface area contributed by atoms with Crippen LogP contribution in [0.2, 0.25) is 5.02 Å². The second-order valence-corrected chi connectivity index (χ2v) is 9.11. The number of nitrogens with one attached hydrogen (secondary N) is 2. The number of rotatable bonds is 6. The van der Waals surface area contributed by atoms with Crippen LogP contribution in [0.25, 0.3) is 21.7 Å². The molecule has 6 nitrogen and oxygen atoms in total. The first-order valence-electron chi connectivity index (χ1n) is 11.6. The van der Waals surface area contributed by atoms with Crippen LogP contribution in [0.3, 0.4) is 0 Å². The Labute approximate surface area is 203 Å². The van der Waals surface area contributed by atoms with Crippen LogP contribution in [0.4, 0.5) is 5.69 Å². The van der Waals surface area contributed by atoms with Crippen LogP contribution >= 0.6 is 11.6 Å². The molecule has 3 aromatic carbocycles. The van der Waals surface area contributed by atoms with Crippen LogP contribution < -0.4 is 15.8 Å². The van der Waals surface area contributed by atoms with Crippen LogP contribution in [0.15, 0.2) is 71.5 Å². The number of hydrogen-bond acceptors (Lipinski definition) is 4. The molecule has 2 heterocycles. The van der Waals surface area contributed by atoms with Crippen molar-refractivity contribution in [2.45, 2.75) is 6.42 Å². The van der Waals surface area contributed by atoms with Crippen molar-refractivity contribution in [3.63, 3.8) is 0 Å². The molecular formula is C27H27ClN4O2. The molecular weight excluding hydrogens is 448 g/mol. The minimum atomic E-state index is -0.142. The number of aromatic nitrogens is 1. The van der Waals surface area contributed by atoms with Crippen molar-refractivity contribution in [3.8, 4) is 0 Å². The number of hydrogen-bond donors (Lipinski definition) is 2. The number of nitrogens with zero attached hydrogens (tertiary/aromatic N) is 2. The third-order valence-corrected chi connectivity index (χ3v) is 6.71. The number of amides is 1. The van der Waals surface area contributed by atoms with Gasteiger partial charge in [-0.3, -0.25) is 14.5 Å². The number of H-pyrrole nitrogens is 1. The SMILES string of the molecule is O=C(NCCCN1CCN(c2cccc(Cl)c2)CC1)c1ccc2c(c1)[nH]c(=O)c1ccccc12. The largest absolute Gasteiger partial charge is 0.369 e. The third kappa shape index (κ3) is 4.79. The fourth-order valence-corrected chi connectivity index (χ4v) is 4.82. The van der Waals surface area contributed by atoms with Gasteiger partial charge in [-0.25, -0.2) is 0 Å². The van der Waals surface area contributed by atoms with Crippen LogP contribution in [0.1, 0.15) is 16.8 Å². The molecule has 1 saturated heterocycles. The summed E-state index contributed by atoms with van der Waals surface area (Å²) in [6, 6.07) is 21.0. The van der Waals surface area contributed by atoms with E-state index in [1.165, 1.54) is 5.69 Å². The molecule has 1 aliphatic rings. The van der Waals surface area contributed by atoms with E-state index in [0.29, 0.717) is 23.0 Å². The van der Waals surface area contributed by atoms with E-state index >= 15 is 0 Å². The number of halogens is 1. The van der Waals surface area contributed by atoms with Gasteiger partial charge in [-0.15, -0.1) is 0 Å². The molecule has 0 bridgehead atoms. The predicted octanol–water partition coefficient (Wildman–Crippen LogP) is 4.28. The second-order valence-electron chi connectivity index (χ2n) is 8.68. The summed E-state index contributed by atoms with van der Waals surface area (Å²) in [5, 5.41) is 6.26. The molecule has 7 heteroatoms. The van der Waals surface area contributed by atoms with Gasteiger partial charge in [0, 0.05) is 65.3 Å². The van der Waals surface area contributed by atoms with Gasteiger partial charge in [0.1, 0.15) is 0 Å². The first-order chi connectivity index (χ1) is 16.6. The fraction of sp³-hybridized carbons (Fsp3) is 0.259. The zero-order valence-corrected chi connectivity index (χ0v) is 19.6. The van der Waals surface area contributed by atoms with E-state index in [1.807, 2.05) is 54.6 Å². The molecule has 5 rings (SSSR count). The summed E-state index contributed by atoms with van der Waals surface area (Å²) < 4.78 is 0. The van der Waals surface area contributed by atoms with Gasteiger partial charge in [-0.1, -0.05) is 41.9 Å². The van der Waals surface area contributed by atoms with Crippen molar-refractivity contribution in [3.05, 3.63) is 87.7 Å². The van der Waals surface area contributed by atoms with E-state index < -0.39 is 0 Å². The Hall–Kier alpha value is -3.35. The summed E-state index contributed by atoms with van der Waals surface area (Å²) in [6.07, 6.45) is 0.887. The lowest BCUT2D eigenvalue weighted by atomic mass is 10.0. The highest BCUT2D eigenvalue weighted by Gasteiger charge is 2.17. The summed E-state index contributed by atoms with van der Waals surface area (Å²) in [5.41, 5.74) is 2.25. The molecule has 0 spiro atoms. The number of aromatic amines is 1. The highest BCUT2D eigenvalue weighted by Crippen LogP contribution is 2.22. The number of benzene rings is 3. The Morgan fingerprint density at radius 1 is 0.912 bits per heavy atom. The molecule has 4 aromatic rings. The highest BCUT2D eigenvalue weighted by molar-refractivity contribution is 6.30. The summed E-state index contributed by atoms with van der Waals surface area (Å²) in [7, 11) is 0. The molecule has 1 aromatic heterocycles. The molecule has 0 atom stereocenters. The van der Waals surface area contributed by atoms with Gasteiger partial charge in [-0.05, 0) is 54.8 Å². The molecule has 1 fully saturated rings. The van der Waals surface area contributed by atoms with Gasteiger partial charge < -0.3 is 15.2 Å². The summed E-state index contributed by atoms with van der Waals surface area (Å²) in [6.45, 7) is 5.48. The Bertz CT molecular complexity index is 1390. The molecule has 1 aliphatic heterocycles. The fourth-order valence-electron chi connectivity index (χ4n) is 4.64. The van der Waals surface area contributed by atoms with Crippen LogP contribution in [0, 0.1) is 0 Å². The average molecular weight is 475 g/mol. The highest BCUT2D eigenvalue weighted by atomic mass is 35.5. The quantitative estimate of drug-likeness (QED) is 0.323. The zero-order valence-electron chi connectivity index (χ0n) is 18.9. The number of carbonyl (C=O) groups is 1. The molecule has 0 unspecified atom stereocenters. The van der Waals surface area contributed by atoms with Crippen molar-refractivity contribution in [2.24, 2.45) is 0 Å². The minimum absolute atomic E-state index is 0.123. The van der Waals surface area contributed by atoms with E-state index in [4.69, 9.17) is 11.6 Å². The summed E-state index contributed by atoms with van der Waals surface area (Å²) in [5.74, 6) is -0.123. The van der Waals surface area contributed by atoms with Crippen molar-refractivity contribution in [1.29, 1.82) is 0 Å². The molecule has 174 valence electrons. The lowest BCUT2D eigenvalue weighted by molar-refractivity contribution is 0.0951. The van der Waals surface area contributed by atoms with Crippen molar-refractivity contribution in [2.75, 3.05) is 44.2 Å². The lowest BCUT2D eigenvalue weighted by Gasteiger charge is -2.36. The van der Waals surface area contributed by atoms with Crippen LogP contribution in [0.5, 0.6) is 0 Å². The zero-order chi connectivity index (χ0) is 23.5. The third-order valence-electron chi connectivity index (χ3n) is 6.47. The molecule has 1 amide bonds. The number of pyridine rings is 1. The maximum atomic E-state index is 12.7. The number of piperazine rings is 1. The topological polar surface area (TPSA) is 68.4 Å². The van der Waals surface area contributed by atoms with Crippen LogP contribution in [-0.2, 0) is 0 Å². The van der Waals surface area contributed by atoms with Crippen molar-refractivity contribution < 1.29 is 4.79 Å². The van der Waals surface area contributed by atoms with Gasteiger partial charge in [0.2, 0.25) is 0 Å². The number of carbonyl (C=O) groups excluding carboxylic acids is 1. The Kier molecular flexibility index (Phi) is 6.52. The summed E-state index contributed by atoms with van der Waals surface area (Å²) >= 11 is 6.12. The normalized spacial score (nSPS) is 14.6. The van der Waals surface area contributed by atoms with E-state index in [1.54, 1.807) is 6.07 Å². The smallest absolute Gasteiger partial charge is 0.256 e. The molecule has 2 N–H and O–H groups in total. The molecule has 0 saturated carbocycles. The molecule has 0 aliphatic carbocycles. The maximum absolute atomic E-state index is 12.7. The van der Waals surface area contributed by atoms with Crippen molar-refractivity contribution >= 4 is 44.9 Å². The van der Waals surface area contributed by atoms with Crippen molar-refractivity contribution in [1.82, 2.24) is 15.2 Å². The minimum Gasteiger partial charge on any atom is -0.369 e. The van der Waals surface area contributed by atoms with Gasteiger partial charge in [0.25, 0.3) is 11.5 Å². The standard InChI is InChI=1S/C27H27ClN4O2/c28-20-5-3-6-21(18-20)32-15-13-31(14-16-32)12-4-11-29-26(33)19-9-10-23-22-7-1-2-8-24(22)27(34)30-25(23)17-19/h1-3,5-10,17-18H,4,11-16H2,(H,29,33)(H,30,34). The molecule has 0 radical (unpaired) electrons. The van der Waals surface area contributed by atoms with E-state index in [-0.39, 0.29) is 11.5 Å². The summed E-state index contributed by atoms with van der Waals surface area (Å²) in [4.78, 5) is 32.8. The van der Waals surface area contributed by atoms with E-state index in [2.05, 4.69) is 26.2 Å². The maximum Gasteiger partial charge on any atom is 0.256 e. The van der Waals surface area contributed by atoms with Gasteiger partial charge in [0.15, 0.2) is 0 Å². The number of anilines is 1. The monoisotopic (exact) mass is 474 g/mol. The van der Waals surface area contributed by atoms with E-state index in [0.717, 1.165) is 54.9 Å². The number of fused-ring (bicyclic) bond motifs is 3. The average Bonchev–Trinajstić information content (AvgIpc) is 2.87. The first-order valence-corrected chi connectivity index (χ1v) is 12.0. The molecule has 34 heavy (non-hydrogen) atoms. The lowest BCUT2D eigenvalue weighted by Crippen LogP contribution is -2.47. The predicted molar refractivity (Wildman–Crippen MR) is 139 cm³/mol. The Balaban J connectivity index is 1.13. The van der Waals surface area contributed by atoms with Crippen LogP contribution in [-0.4, -0.2) is 55.1 Å². The van der Waals surface area contributed by atoms with E-state index in [9.17, 15) is 9.59 Å². The first kappa shape index (κ1) is 22.4. The van der Waals surface area contributed by atoms with Gasteiger partial charge in [0.05, 0.1) is 0 Å². The second kappa shape index (κ2) is 9.87. The Morgan fingerprint density at radius 2 is 1.71 bits per heavy atom. The van der Waals surface area contributed by atoms with Gasteiger partial charge >= 0.3 is 0 Å². The Morgan fingerprint density at radius 3 is 2.50 bits per heavy atom.